The number of carboxylic acids is 1. The predicted molar refractivity (Wildman–Crippen MR) is 151 cm³/mol. The molecule has 0 atom stereocenters. The van der Waals surface area contributed by atoms with Crippen LogP contribution in [-0.2, 0) is 0 Å². The maximum absolute atomic E-state index is 11.6. The number of nitrogens with zero attached hydrogens (tertiary/aromatic N) is 3. The summed E-state index contributed by atoms with van der Waals surface area (Å²) in [4.78, 5) is 16.3. The van der Waals surface area contributed by atoms with Gasteiger partial charge in [-0.3, -0.25) is 0 Å². The Morgan fingerprint density at radius 1 is 0.865 bits per heavy atom. The van der Waals surface area contributed by atoms with Crippen LogP contribution in [0.15, 0.2) is 79.3 Å². The molecule has 0 radical (unpaired) electrons. The van der Waals surface area contributed by atoms with E-state index in [0.29, 0.717) is 5.39 Å². The van der Waals surface area contributed by atoms with E-state index in [1.165, 1.54) is 37.9 Å². The molecular formula is C31H34N4O2. The van der Waals surface area contributed by atoms with Crippen molar-refractivity contribution in [3.05, 3.63) is 90.4 Å². The molecule has 2 heterocycles. The van der Waals surface area contributed by atoms with Crippen molar-refractivity contribution in [3.8, 4) is 22.3 Å². The summed E-state index contributed by atoms with van der Waals surface area (Å²) in [7, 11) is 0. The van der Waals surface area contributed by atoms with Crippen molar-refractivity contribution in [2.45, 2.75) is 40.0 Å². The number of benzene rings is 3. The van der Waals surface area contributed by atoms with Gasteiger partial charge in [-0.25, -0.2) is 14.3 Å². The molecular weight excluding hydrogens is 460 g/mol. The fourth-order valence-corrected chi connectivity index (χ4v) is 4.28. The molecule has 0 saturated carbocycles. The van der Waals surface area contributed by atoms with E-state index in [2.05, 4.69) is 60.4 Å². The van der Waals surface area contributed by atoms with E-state index in [1.54, 1.807) is 16.8 Å². The van der Waals surface area contributed by atoms with Crippen LogP contribution in [0.25, 0.3) is 38.7 Å². The summed E-state index contributed by atoms with van der Waals surface area (Å²) >= 11 is 0. The lowest BCUT2D eigenvalue weighted by atomic mass is 9.96. The lowest BCUT2D eigenvalue weighted by molar-refractivity contribution is 0.0699. The first-order valence-electron chi connectivity index (χ1n) is 12.9. The summed E-state index contributed by atoms with van der Waals surface area (Å²) in [5, 5.41) is 18.9. The van der Waals surface area contributed by atoms with Crippen molar-refractivity contribution in [2.24, 2.45) is 0 Å². The number of hydrogen-bond donors (Lipinski definition) is 2. The Morgan fingerprint density at radius 3 is 2.32 bits per heavy atom. The smallest absolute Gasteiger partial charge is 0.336 e. The van der Waals surface area contributed by atoms with Crippen LogP contribution in [0.2, 0.25) is 0 Å². The van der Waals surface area contributed by atoms with E-state index in [9.17, 15) is 9.90 Å². The molecule has 5 aromatic rings. The van der Waals surface area contributed by atoms with Gasteiger partial charge in [-0.15, -0.1) is 0 Å². The second-order valence-electron chi connectivity index (χ2n) is 9.15. The zero-order valence-electron chi connectivity index (χ0n) is 21.7. The standard InChI is InChI=1S/C24H17N3O2.C7H17N/c1-15-6-8-16(9-7-15)17-12-25-23-22(13-26-27(23)14-17)20-10-11-21(24(28)29)19-5-3-2-4-18(19)20;1-3-5-7-8-6-4-2/h2-14H,1H3,(H,28,29);8H,3-7H2,1-2H3. The van der Waals surface area contributed by atoms with E-state index in [4.69, 9.17) is 0 Å². The van der Waals surface area contributed by atoms with Gasteiger partial charge in [0.1, 0.15) is 0 Å². The molecule has 5 rings (SSSR count). The summed E-state index contributed by atoms with van der Waals surface area (Å²) in [6, 6.07) is 19.3. The molecule has 0 unspecified atom stereocenters. The number of unbranched alkanes of at least 4 members (excludes halogenated alkanes) is 1. The number of hydrogen-bond acceptors (Lipinski definition) is 4. The molecule has 37 heavy (non-hydrogen) atoms. The molecule has 3 aromatic carbocycles. The van der Waals surface area contributed by atoms with Crippen LogP contribution in [0, 0.1) is 6.92 Å². The lowest BCUT2D eigenvalue weighted by Crippen LogP contribution is -2.15. The van der Waals surface area contributed by atoms with E-state index in [0.717, 1.165) is 33.3 Å². The Hall–Kier alpha value is -4.03. The van der Waals surface area contributed by atoms with Crippen LogP contribution in [0.5, 0.6) is 0 Å². The van der Waals surface area contributed by atoms with Crippen molar-refractivity contribution >= 4 is 22.4 Å². The monoisotopic (exact) mass is 494 g/mol. The van der Waals surface area contributed by atoms with Crippen LogP contribution in [0.4, 0.5) is 0 Å². The molecule has 6 heteroatoms. The molecule has 0 saturated heterocycles. The van der Waals surface area contributed by atoms with Crippen LogP contribution < -0.4 is 5.32 Å². The molecule has 0 fully saturated rings. The summed E-state index contributed by atoms with van der Waals surface area (Å²) in [6.45, 7) is 8.85. The third-order valence-corrected chi connectivity index (χ3v) is 6.32. The number of rotatable bonds is 8. The predicted octanol–water partition coefficient (Wildman–Crippen LogP) is 7.01. The molecule has 6 nitrogen and oxygen atoms in total. The Labute approximate surface area is 218 Å². The summed E-state index contributed by atoms with van der Waals surface area (Å²) in [5.74, 6) is -0.937. The number of nitrogens with one attached hydrogen (secondary N) is 1. The van der Waals surface area contributed by atoms with E-state index >= 15 is 0 Å². The van der Waals surface area contributed by atoms with Gasteiger partial charge in [0, 0.05) is 23.5 Å². The SMILES string of the molecule is CCCCNCCC.Cc1ccc(-c2cnc3c(-c4ccc(C(=O)O)c5ccccc45)cnn3c2)cc1. The molecule has 0 amide bonds. The Balaban J connectivity index is 0.000000349. The van der Waals surface area contributed by atoms with Gasteiger partial charge in [0.05, 0.1) is 11.8 Å². The molecule has 190 valence electrons. The maximum Gasteiger partial charge on any atom is 0.336 e. The molecule has 2 N–H and O–H groups in total. The zero-order chi connectivity index (χ0) is 26.2. The minimum atomic E-state index is -0.937. The van der Waals surface area contributed by atoms with Gasteiger partial charge >= 0.3 is 5.97 Å². The van der Waals surface area contributed by atoms with Crippen molar-refractivity contribution in [2.75, 3.05) is 13.1 Å². The van der Waals surface area contributed by atoms with Crippen LogP contribution in [0.1, 0.15) is 49.0 Å². The quantitative estimate of drug-likeness (QED) is 0.227. The van der Waals surface area contributed by atoms with E-state index in [-0.39, 0.29) is 5.56 Å². The molecule has 0 spiro atoms. The number of aromatic nitrogens is 3. The van der Waals surface area contributed by atoms with Gasteiger partial charge in [0.25, 0.3) is 0 Å². The number of carbonyl (C=O) groups is 1. The number of carboxylic acid groups (broad SMARTS) is 1. The average Bonchev–Trinajstić information content (AvgIpc) is 3.34. The van der Waals surface area contributed by atoms with Gasteiger partial charge in [-0.05, 0) is 60.8 Å². The van der Waals surface area contributed by atoms with Gasteiger partial charge in [0.2, 0.25) is 0 Å². The molecule has 2 aromatic heterocycles. The van der Waals surface area contributed by atoms with Gasteiger partial charge < -0.3 is 10.4 Å². The topological polar surface area (TPSA) is 79.5 Å². The Bertz CT molecular complexity index is 1480. The highest BCUT2D eigenvalue weighted by Crippen LogP contribution is 2.33. The summed E-state index contributed by atoms with van der Waals surface area (Å²) in [6.07, 6.45) is 9.47. The van der Waals surface area contributed by atoms with Crippen LogP contribution >= 0.6 is 0 Å². The van der Waals surface area contributed by atoms with Crippen LogP contribution in [0.3, 0.4) is 0 Å². The third kappa shape index (κ3) is 6.04. The highest BCUT2D eigenvalue weighted by Gasteiger charge is 2.16. The first-order valence-corrected chi connectivity index (χ1v) is 12.9. The minimum Gasteiger partial charge on any atom is -0.478 e. The number of fused-ring (bicyclic) bond motifs is 2. The molecule has 0 aliphatic rings. The second kappa shape index (κ2) is 12.3. The van der Waals surface area contributed by atoms with E-state index < -0.39 is 5.97 Å². The summed E-state index contributed by atoms with van der Waals surface area (Å²) < 4.78 is 1.77. The molecule has 0 bridgehead atoms. The van der Waals surface area contributed by atoms with Gasteiger partial charge in [0.15, 0.2) is 5.65 Å². The first kappa shape index (κ1) is 26.0. The van der Waals surface area contributed by atoms with Gasteiger partial charge in [-0.2, -0.15) is 5.10 Å². The lowest BCUT2D eigenvalue weighted by Gasteiger charge is -2.08. The molecule has 0 aliphatic heterocycles. The fourth-order valence-electron chi connectivity index (χ4n) is 4.28. The minimum absolute atomic E-state index is 0.287. The van der Waals surface area contributed by atoms with Gasteiger partial charge in [-0.1, -0.05) is 80.4 Å². The van der Waals surface area contributed by atoms with E-state index in [1.807, 2.05) is 42.7 Å². The first-order chi connectivity index (χ1) is 18.0. The number of aromatic carboxylic acids is 1. The van der Waals surface area contributed by atoms with Crippen molar-refractivity contribution < 1.29 is 9.90 Å². The van der Waals surface area contributed by atoms with Crippen molar-refractivity contribution in [3.63, 3.8) is 0 Å². The fraction of sp³-hybridized carbons (Fsp3) is 0.258. The number of aryl methyl sites for hydroxylation is 1. The molecule has 0 aliphatic carbocycles. The normalized spacial score (nSPS) is 10.9. The largest absolute Gasteiger partial charge is 0.478 e. The second-order valence-corrected chi connectivity index (χ2v) is 9.15. The maximum atomic E-state index is 11.6. The Kier molecular flexibility index (Phi) is 8.64. The van der Waals surface area contributed by atoms with Crippen LogP contribution in [-0.4, -0.2) is 38.8 Å². The van der Waals surface area contributed by atoms with Crippen molar-refractivity contribution in [1.29, 1.82) is 0 Å². The van der Waals surface area contributed by atoms with Crippen molar-refractivity contribution in [1.82, 2.24) is 19.9 Å². The average molecular weight is 495 g/mol. The highest BCUT2D eigenvalue weighted by atomic mass is 16.4. The zero-order valence-corrected chi connectivity index (χ0v) is 21.7. The highest BCUT2D eigenvalue weighted by molar-refractivity contribution is 6.09. The Morgan fingerprint density at radius 2 is 1.62 bits per heavy atom. The summed E-state index contributed by atoms with van der Waals surface area (Å²) in [5.41, 5.74) is 6.08. The third-order valence-electron chi connectivity index (χ3n) is 6.32.